The summed E-state index contributed by atoms with van der Waals surface area (Å²) in [6, 6.07) is 11.3. The molecule has 0 spiro atoms. The van der Waals surface area contributed by atoms with E-state index in [9.17, 15) is 14.0 Å². The van der Waals surface area contributed by atoms with E-state index in [1.54, 1.807) is 11.8 Å². The van der Waals surface area contributed by atoms with Crippen LogP contribution in [0.15, 0.2) is 46.9 Å². The third kappa shape index (κ3) is 3.19. The molecule has 2 aromatic carbocycles. The number of fused-ring (bicyclic) bond motifs is 1. The predicted molar refractivity (Wildman–Crippen MR) is 91.5 cm³/mol. The molecule has 0 aromatic heterocycles. The standard InChI is InChI=1S/C18H15BrFNO3/c1-11(24-18(23)14-7-6-13(20)10-15(14)19)17(22)21-9-8-12-4-2-3-5-16(12)21/h2-7,10-11H,8-9H2,1H3/t11-/m0/s1. The van der Waals surface area contributed by atoms with Crippen molar-refractivity contribution in [1.29, 1.82) is 0 Å². The van der Waals surface area contributed by atoms with Gasteiger partial charge in [0.25, 0.3) is 5.91 Å². The van der Waals surface area contributed by atoms with Gasteiger partial charge in [0, 0.05) is 16.7 Å². The quantitative estimate of drug-likeness (QED) is 0.749. The van der Waals surface area contributed by atoms with Crippen LogP contribution in [0, 0.1) is 5.82 Å². The van der Waals surface area contributed by atoms with Crippen molar-refractivity contribution >= 4 is 33.5 Å². The van der Waals surface area contributed by atoms with Crippen LogP contribution in [-0.2, 0) is 16.0 Å². The summed E-state index contributed by atoms with van der Waals surface area (Å²) >= 11 is 3.13. The van der Waals surface area contributed by atoms with Gasteiger partial charge in [-0.2, -0.15) is 0 Å². The topological polar surface area (TPSA) is 46.6 Å². The summed E-state index contributed by atoms with van der Waals surface area (Å²) in [5, 5.41) is 0. The Labute approximate surface area is 147 Å². The highest BCUT2D eigenvalue weighted by atomic mass is 79.9. The number of rotatable bonds is 3. The van der Waals surface area contributed by atoms with Crippen molar-refractivity contribution in [1.82, 2.24) is 0 Å². The zero-order chi connectivity index (χ0) is 17.3. The molecular weight excluding hydrogens is 377 g/mol. The molecule has 1 aliphatic heterocycles. The Bertz CT molecular complexity index is 809. The van der Waals surface area contributed by atoms with E-state index >= 15 is 0 Å². The molecule has 3 rings (SSSR count). The van der Waals surface area contributed by atoms with Crippen molar-refractivity contribution in [2.45, 2.75) is 19.4 Å². The molecule has 0 fully saturated rings. The van der Waals surface area contributed by atoms with Crippen LogP contribution in [0.3, 0.4) is 0 Å². The first-order valence-corrected chi connectivity index (χ1v) is 8.32. The van der Waals surface area contributed by atoms with Crippen LogP contribution in [0.1, 0.15) is 22.8 Å². The molecule has 1 aliphatic rings. The van der Waals surface area contributed by atoms with E-state index in [-0.39, 0.29) is 11.5 Å². The average Bonchev–Trinajstić information content (AvgIpc) is 2.97. The fourth-order valence-corrected chi connectivity index (χ4v) is 3.23. The number of hydrogen-bond donors (Lipinski definition) is 0. The zero-order valence-corrected chi connectivity index (χ0v) is 14.5. The third-order valence-electron chi connectivity index (χ3n) is 3.94. The molecule has 0 bridgehead atoms. The number of benzene rings is 2. The van der Waals surface area contributed by atoms with E-state index in [0.29, 0.717) is 11.0 Å². The molecule has 0 N–H and O–H groups in total. The second kappa shape index (κ2) is 6.73. The van der Waals surface area contributed by atoms with Gasteiger partial charge in [-0.1, -0.05) is 18.2 Å². The van der Waals surface area contributed by atoms with Crippen LogP contribution >= 0.6 is 15.9 Å². The number of anilines is 1. The van der Waals surface area contributed by atoms with Crippen molar-refractivity contribution in [2.75, 3.05) is 11.4 Å². The van der Waals surface area contributed by atoms with E-state index in [0.717, 1.165) is 17.7 Å². The lowest BCUT2D eigenvalue weighted by molar-refractivity contribution is -0.126. The summed E-state index contributed by atoms with van der Waals surface area (Å²) in [6.07, 6.45) is -0.146. The lowest BCUT2D eigenvalue weighted by Gasteiger charge is -2.21. The summed E-state index contributed by atoms with van der Waals surface area (Å²) in [6.45, 7) is 2.11. The molecule has 2 aromatic rings. The Morgan fingerprint density at radius 3 is 2.75 bits per heavy atom. The number of esters is 1. The summed E-state index contributed by atoms with van der Waals surface area (Å²) in [7, 11) is 0. The van der Waals surface area contributed by atoms with Gasteiger partial charge in [0.15, 0.2) is 6.10 Å². The highest BCUT2D eigenvalue weighted by Crippen LogP contribution is 2.28. The van der Waals surface area contributed by atoms with Crippen molar-refractivity contribution in [2.24, 2.45) is 0 Å². The lowest BCUT2D eigenvalue weighted by atomic mass is 10.2. The fraction of sp³-hybridized carbons (Fsp3) is 0.222. The van der Waals surface area contributed by atoms with Crippen molar-refractivity contribution in [3.8, 4) is 0 Å². The number of nitrogens with zero attached hydrogens (tertiary/aromatic N) is 1. The minimum absolute atomic E-state index is 0.179. The summed E-state index contributed by atoms with van der Waals surface area (Å²) in [5.74, 6) is -1.40. The average molecular weight is 392 g/mol. The second-order valence-corrected chi connectivity index (χ2v) is 6.39. The van der Waals surface area contributed by atoms with E-state index in [4.69, 9.17) is 4.74 Å². The molecule has 0 unspecified atom stereocenters. The number of para-hydroxylation sites is 1. The molecule has 1 amide bonds. The molecule has 124 valence electrons. The van der Waals surface area contributed by atoms with Crippen LogP contribution < -0.4 is 4.90 Å². The Morgan fingerprint density at radius 1 is 1.25 bits per heavy atom. The number of halogens is 2. The SMILES string of the molecule is C[C@H](OC(=O)c1ccc(F)cc1Br)C(=O)N1CCc2ccccc21. The number of hydrogen-bond acceptors (Lipinski definition) is 3. The van der Waals surface area contributed by atoms with Gasteiger partial charge < -0.3 is 9.64 Å². The molecule has 24 heavy (non-hydrogen) atoms. The number of ether oxygens (including phenoxy) is 1. The highest BCUT2D eigenvalue weighted by Gasteiger charge is 2.30. The Hall–Kier alpha value is -2.21. The van der Waals surface area contributed by atoms with Gasteiger partial charge in [0.05, 0.1) is 5.56 Å². The molecule has 0 saturated heterocycles. The molecule has 6 heteroatoms. The van der Waals surface area contributed by atoms with Crippen molar-refractivity contribution < 1.29 is 18.7 Å². The van der Waals surface area contributed by atoms with Gasteiger partial charge in [-0.05, 0) is 59.1 Å². The smallest absolute Gasteiger partial charge is 0.340 e. The Balaban J connectivity index is 1.72. The van der Waals surface area contributed by atoms with Gasteiger partial charge in [-0.3, -0.25) is 4.79 Å². The molecule has 0 aliphatic carbocycles. The zero-order valence-electron chi connectivity index (χ0n) is 13.0. The third-order valence-corrected chi connectivity index (χ3v) is 4.59. The molecular formula is C18H15BrFNO3. The van der Waals surface area contributed by atoms with E-state index < -0.39 is 17.9 Å². The molecule has 1 heterocycles. The van der Waals surface area contributed by atoms with Crippen molar-refractivity contribution in [3.05, 3.63) is 63.9 Å². The first-order valence-electron chi connectivity index (χ1n) is 7.52. The molecule has 0 saturated carbocycles. The minimum atomic E-state index is -0.930. The summed E-state index contributed by atoms with van der Waals surface area (Å²) in [4.78, 5) is 26.4. The van der Waals surface area contributed by atoms with Crippen LogP contribution in [0.2, 0.25) is 0 Å². The number of carbonyl (C=O) groups excluding carboxylic acids is 2. The number of carbonyl (C=O) groups is 2. The maximum Gasteiger partial charge on any atom is 0.340 e. The molecule has 1 atom stereocenters. The fourth-order valence-electron chi connectivity index (χ4n) is 2.72. The van der Waals surface area contributed by atoms with Gasteiger partial charge in [0.2, 0.25) is 0 Å². The van der Waals surface area contributed by atoms with Crippen molar-refractivity contribution in [3.63, 3.8) is 0 Å². The minimum Gasteiger partial charge on any atom is -0.449 e. The summed E-state index contributed by atoms with van der Waals surface area (Å²) in [5.41, 5.74) is 2.14. The summed E-state index contributed by atoms with van der Waals surface area (Å²) < 4.78 is 18.7. The van der Waals surface area contributed by atoms with E-state index in [1.165, 1.54) is 18.2 Å². The normalized spacial score (nSPS) is 14.2. The maximum absolute atomic E-state index is 13.1. The first-order chi connectivity index (χ1) is 11.5. The number of amides is 1. The Morgan fingerprint density at radius 2 is 2.00 bits per heavy atom. The maximum atomic E-state index is 13.1. The van der Waals surface area contributed by atoms with Gasteiger partial charge in [0.1, 0.15) is 5.82 Å². The van der Waals surface area contributed by atoms with Crippen LogP contribution in [-0.4, -0.2) is 24.5 Å². The van der Waals surface area contributed by atoms with Crippen LogP contribution in [0.25, 0.3) is 0 Å². The van der Waals surface area contributed by atoms with Gasteiger partial charge in [-0.25, -0.2) is 9.18 Å². The second-order valence-electron chi connectivity index (χ2n) is 5.54. The molecule has 4 nitrogen and oxygen atoms in total. The van der Waals surface area contributed by atoms with Crippen LogP contribution in [0.4, 0.5) is 10.1 Å². The predicted octanol–water partition coefficient (Wildman–Crippen LogP) is 3.72. The van der Waals surface area contributed by atoms with Crippen LogP contribution in [0.5, 0.6) is 0 Å². The lowest BCUT2D eigenvalue weighted by Crippen LogP contribution is -2.39. The first kappa shape index (κ1) is 16.6. The van der Waals surface area contributed by atoms with E-state index in [2.05, 4.69) is 15.9 Å². The van der Waals surface area contributed by atoms with E-state index in [1.807, 2.05) is 24.3 Å². The highest BCUT2D eigenvalue weighted by molar-refractivity contribution is 9.10. The van der Waals surface area contributed by atoms with Gasteiger partial charge in [-0.15, -0.1) is 0 Å². The Kier molecular flexibility index (Phi) is 4.66. The monoisotopic (exact) mass is 391 g/mol. The van der Waals surface area contributed by atoms with Gasteiger partial charge >= 0.3 is 5.97 Å². The largest absolute Gasteiger partial charge is 0.449 e. The molecule has 0 radical (unpaired) electrons.